The summed E-state index contributed by atoms with van der Waals surface area (Å²) >= 11 is 1.80. The van der Waals surface area contributed by atoms with Crippen LogP contribution in [0.3, 0.4) is 0 Å². The lowest BCUT2D eigenvalue weighted by atomic mass is 10.1. The van der Waals surface area contributed by atoms with E-state index in [0.29, 0.717) is 0 Å². The summed E-state index contributed by atoms with van der Waals surface area (Å²) in [5, 5.41) is 5.70. The molecular weight excluding hydrogens is 214 g/mol. The molecule has 1 fully saturated rings. The van der Waals surface area contributed by atoms with Gasteiger partial charge in [-0.05, 0) is 36.3 Å². The number of hydrogen-bond acceptors (Lipinski definition) is 2. The van der Waals surface area contributed by atoms with Crippen molar-refractivity contribution < 1.29 is 0 Å². The van der Waals surface area contributed by atoms with Crippen LogP contribution in [0, 0.1) is 5.92 Å². The molecule has 1 aromatic heterocycles. The lowest BCUT2D eigenvalue weighted by Crippen LogP contribution is -2.03. The Bertz CT molecular complexity index is 457. The Kier molecular flexibility index (Phi) is 2.66. The average Bonchev–Trinajstić information content (AvgIpc) is 3.00. The van der Waals surface area contributed by atoms with Crippen LogP contribution in [0.1, 0.15) is 12.8 Å². The fourth-order valence-corrected chi connectivity index (χ4v) is 2.63. The first-order chi connectivity index (χ1) is 7.93. The zero-order valence-corrected chi connectivity index (χ0v) is 9.96. The molecule has 0 radical (unpaired) electrons. The largest absolute Gasteiger partial charge is 0.384 e. The van der Waals surface area contributed by atoms with Crippen LogP contribution in [-0.2, 0) is 0 Å². The number of benzene rings is 1. The van der Waals surface area contributed by atoms with Crippen LogP contribution in [0.4, 0.5) is 5.69 Å². The molecular formula is C14H15NS. The van der Waals surface area contributed by atoms with Gasteiger partial charge in [-0.25, -0.2) is 0 Å². The first-order valence-electron chi connectivity index (χ1n) is 5.80. The van der Waals surface area contributed by atoms with E-state index < -0.39 is 0 Å². The van der Waals surface area contributed by atoms with E-state index in [2.05, 4.69) is 47.1 Å². The number of hydrogen-bond donors (Lipinski definition) is 1. The molecule has 3 rings (SSSR count). The Labute approximate surface area is 100 Å². The third-order valence-corrected chi connectivity index (χ3v) is 3.89. The molecule has 16 heavy (non-hydrogen) atoms. The first-order valence-corrected chi connectivity index (χ1v) is 6.68. The van der Waals surface area contributed by atoms with Gasteiger partial charge >= 0.3 is 0 Å². The maximum absolute atomic E-state index is 3.57. The van der Waals surface area contributed by atoms with Gasteiger partial charge in [-0.15, -0.1) is 11.3 Å². The minimum Gasteiger partial charge on any atom is -0.384 e. The van der Waals surface area contributed by atoms with Gasteiger partial charge in [0, 0.05) is 22.7 Å². The second-order valence-corrected chi connectivity index (χ2v) is 5.29. The molecule has 0 unspecified atom stereocenters. The van der Waals surface area contributed by atoms with Gasteiger partial charge in [0.15, 0.2) is 0 Å². The Morgan fingerprint density at radius 1 is 1.12 bits per heavy atom. The number of anilines is 1. The van der Waals surface area contributed by atoms with E-state index in [4.69, 9.17) is 0 Å². The highest BCUT2D eigenvalue weighted by molar-refractivity contribution is 7.13. The molecule has 0 aliphatic heterocycles. The summed E-state index contributed by atoms with van der Waals surface area (Å²) in [5.41, 5.74) is 2.61. The van der Waals surface area contributed by atoms with Crippen molar-refractivity contribution in [3.8, 4) is 10.4 Å². The maximum Gasteiger partial charge on any atom is 0.0428 e. The minimum atomic E-state index is 0.913. The van der Waals surface area contributed by atoms with Crippen LogP contribution in [0.25, 0.3) is 10.4 Å². The fraction of sp³-hybridized carbons (Fsp3) is 0.286. The van der Waals surface area contributed by atoms with Crippen LogP contribution in [0.15, 0.2) is 41.8 Å². The van der Waals surface area contributed by atoms with Gasteiger partial charge in [-0.1, -0.05) is 24.3 Å². The molecule has 0 amide bonds. The molecule has 1 nitrogen and oxygen atoms in total. The summed E-state index contributed by atoms with van der Waals surface area (Å²) < 4.78 is 0. The lowest BCUT2D eigenvalue weighted by Gasteiger charge is -2.10. The van der Waals surface area contributed by atoms with Gasteiger partial charge in [-0.3, -0.25) is 0 Å². The van der Waals surface area contributed by atoms with Gasteiger partial charge in [0.25, 0.3) is 0 Å². The van der Waals surface area contributed by atoms with Crippen molar-refractivity contribution in [2.75, 3.05) is 11.9 Å². The van der Waals surface area contributed by atoms with Crippen molar-refractivity contribution in [2.45, 2.75) is 12.8 Å². The van der Waals surface area contributed by atoms with Crippen LogP contribution >= 0.6 is 11.3 Å². The van der Waals surface area contributed by atoms with Crippen molar-refractivity contribution >= 4 is 17.0 Å². The second-order valence-electron chi connectivity index (χ2n) is 4.35. The Hall–Kier alpha value is -1.28. The number of para-hydroxylation sites is 1. The zero-order valence-electron chi connectivity index (χ0n) is 9.15. The van der Waals surface area contributed by atoms with E-state index in [9.17, 15) is 0 Å². The van der Waals surface area contributed by atoms with Crippen LogP contribution in [0.2, 0.25) is 0 Å². The fourth-order valence-electron chi connectivity index (χ4n) is 1.86. The lowest BCUT2D eigenvalue weighted by molar-refractivity contribution is 0.890. The molecule has 1 aromatic carbocycles. The molecule has 1 aliphatic rings. The highest BCUT2D eigenvalue weighted by Gasteiger charge is 2.20. The summed E-state index contributed by atoms with van der Waals surface area (Å²) in [4.78, 5) is 1.35. The standard InChI is InChI=1S/C14H15NS/c1-2-5-13(15-10-11-7-8-11)12(4-1)14-6-3-9-16-14/h1-6,9,11,15H,7-8,10H2. The van der Waals surface area contributed by atoms with Gasteiger partial charge in [0.2, 0.25) is 0 Å². The van der Waals surface area contributed by atoms with Gasteiger partial charge < -0.3 is 5.32 Å². The van der Waals surface area contributed by atoms with Gasteiger partial charge in [0.05, 0.1) is 0 Å². The van der Waals surface area contributed by atoms with E-state index in [0.717, 1.165) is 12.5 Å². The topological polar surface area (TPSA) is 12.0 Å². The molecule has 2 aromatic rings. The van der Waals surface area contributed by atoms with Crippen molar-refractivity contribution in [3.05, 3.63) is 41.8 Å². The third kappa shape index (κ3) is 2.12. The Balaban J connectivity index is 1.85. The molecule has 2 heteroatoms. The number of nitrogens with one attached hydrogen (secondary N) is 1. The van der Waals surface area contributed by atoms with E-state index in [1.54, 1.807) is 11.3 Å². The van der Waals surface area contributed by atoms with Gasteiger partial charge in [-0.2, -0.15) is 0 Å². The smallest absolute Gasteiger partial charge is 0.0428 e. The van der Waals surface area contributed by atoms with Gasteiger partial charge in [0.1, 0.15) is 0 Å². The molecule has 1 N–H and O–H groups in total. The zero-order chi connectivity index (χ0) is 10.8. The average molecular weight is 229 g/mol. The summed E-state index contributed by atoms with van der Waals surface area (Å²) in [6.07, 6.45) is 2.79. The predicted octanol–water partition coefficient (Wildman–Crippen LogP) is 4.24. The van der Waals surface area contributed by atoms with Crippen molar-refractivity contribution in [2.24, 2.45) is 5.92 Å². The molecule has 1 aliphatic carbocycles. The Morgan fingerprint density at radius 3 is 2.75 bits per heavy atom. The SMILES string of the molecule is c1csc(-c2ccccc2NCC2CC2)c1. The quantitative estimate of drug-likeness (QED) is 0.827. The van der Waals surface area contributed by atoms with E-state index in [-0.39, 0.29) is 0 Å². The van der Waals surface area contributed by atoms with Crippen LogP contribution in [-0.4, -0.2) is 6.54 Å². The van der Waals surface area contributed by atoms with Crippen molar-refractivity contribution in [1.29, 1.82) is 0 Å². The highest BCUT2D eigenvalue weighted by Crippen LogP contribution is 2.33. The van der Waals surface area contributed by atoms with E-state index >= 15 is 0 Å². The van der Waals surface area contributed by atoms with Crippen molar-refractivity contribution in [3.63, 3.8) is 0 Å². The molecule has 0 saturated heterocycles. The summed E-state index contributed by atoms with van der Waals surface area (Å²) in [6, 6.07) is 12.9. The molecule has 1 heterocycles. The highest BCUT2D eigenvalue weighted by atomic mass is 32.1. The van der Waals surface area contributed by atoms with E-state index in [1.165, 1.54) is 29.0 Å². The van der Waals surface area contributed by atoms with Crippen molar-refractivity contribution in [1.82, 2.24) is 0 Å². The molecule has 82 valence electrons. The Morgan fingerprint density at radius 2 is 2.00 bits per heavy atom. The normalized spacial score (nSPS) is 15.0. The number of rotatable bonds is 4. The minimum absolute atomic E-state index is 0.913. The first kappa shape index (κ1) is 9.91. The monoisotopic (exact) mass is 229 g/mol. The maximum atomic E-state index is 3.57. The second kappa shape index (κ2) is 4.30. The molecule has 1 saturated carbocycles. The van der Waals surface area contributed by atoms with E-state index in [1.807, 2.05) is 0 Å². The summed E-state index contributed by atoms with van der Waals surface area (Å²) in [6.45, 7) is 1.13. The summed E-state index contributed by atoms with van der Waals surface area (Å²) in [5.74, 6) is 0.913. The number of thiophene rings is 1. The summed E-state index contributed by atoms with van der Waals surface area (Å²) in [7, 11) is 0. The molecule has 0 spiro atoms. The van der Waals surface area contributed by atoms with Crippen LogP contribution < -0.4 is 5.32 Å². The molecule has 0 atom stereocenters. The van der Waals surface area contributed by atoms with Crippen LogP contribution in [0.5, 0.6) is 0 Å². The molecule has 0 bridgehead atoms. The predicted molar refractivity (Wildman–Crippen MR) is 71.0 cm³/mol. The third-order valence-electron chi connectivity index (χ3n) is 2.99.